The summed E-state index contributed by atoms with van der Waals surface area (Å²) in [6.07, 6.45) is 1.03. The van der Waals surface area contributed by atoms with Gasteiger partial charge in [-0.05, 0) is 25.0 Å². The van der Waals surface area contributed by atoms with E-state index in [-0.39, 0.29) is 30.6 Å². The number of carbonyl (C=O) groups is 1. The van der Waals surface area contributed by atoms with Gasteiger partial charge < -0.3 is 11.1 Å². The number of nitrogens with two attached hydrogens (primary N) is 1. The van der Waals surface area contributed by atoms with E-state index in [0.717, 1.165) is 16.4 Å². The summed E-state index contributed by atoms with van der Waals surface area (Å²) >= 11 is 5.73. The van der Waals surface area contributed by atoms with E-state index in [1.54, 1.807) is 0 Å². The number of nitro benzene ring substituents is 1. The predicted octanol–water partition coefficient (Wildman–Crippen LogP) is 0.724. The fourth-order valence-electron chi connectivity index (χ4n) is 2.70. The number of nitrogens with one attached hydrogen (secondary N) is 1. The SMILES string of the molecule is NCCNC(=O)C1CCCN(S(=O)(=O)c2ccc(Cl)cc2[N+](=O)[O-])C1. The number of amides is 1. The largest absolute Gasteiger partial charge is 0.355 e. The van der Waals surface area contributed by atoms with E-state index in [1.165, 1.54) is 6.07 Å². The summed E-state index contributed by atoms with van der Waals surface area (Å²) < 4.78 is 26.8. The summed E-state index contributed by atoms with van der Waals surface area (Å²) in [5.74, 6) is -0.780. The Morgan fingerprint density at radius 3 is 2.84 bits per heavy atom. The number of sulfonamides is 1. The van der Waals surface area contributed by atoms with Crippen LogP contribution in [0.1, 0.15) is 12.8 Å². The molecular formula is C14H19ClN4O5S. The van der Waals surface area contributed by atoms with Crippen molar-refractivity contribution in [1.29, 1.82) is 0 Å². The Labute approximate surface area is 150 Å². The second-order valence-corrected chi connectivity index (χ2v) is 7.99. The maximum atomic E-state index is 12.8. The lowest BCUT2D eigenvalue weighted by Crippen LogP contribution is -2.46. The number of benzene rings is 1. The van der Waals surface area contributed by atoms with Gasteiger partial charge in [0.05, 0.1) is 10.8 Å². The number of hydrogen-bond acceptors (Lipinski definition) is 6. The Morgan fingerprint density at radius 2 is 2.20 bits per heavy atom. The molecule has 0 spiro atoms. The van der Waals surface area contributed by atoms with Gasteiger partial charge in [0, 0.05) is 37.3 Å². The topological polar surface area (TPSA) is 136 Å². The number of halogens is 1. The number of nitrogens with zero attached hydrogens (tertiary/aromatic N) is 2. The smallest absolute Gasteiger partial charge is 0.290 e. The summed E-state index contributed by atoms with van der Waals surface area (Å²) in [7, 11) is -4.11. The molecule has 1 atom stereocenters. The van der Waals surface area contributed by atoms with Crippen molar-refractivity contribution in [3.05, 3.63) is 33.3 Å². The van der Waals surface area contributed by atoms with Crippen LogP contribution in [0.4, 0.5) is 5.69 Å². The van der Waals surface area contributed by atoms with Crippen LogP contribution in [0.5, 0.6) is 0 Å². The van der Waals surface area contributed by atoms with Gasteiger partial charge in [0.15, 0.2) is 4.90 Å². The third-order valence-electron chi connectivity index (χ3n) is 3.93. The summed E-state index contributed by atoms with van der Waals surface area (Å²) in [5, 5.41) is 13.9. The van der Waals surface area contributed by atoms with Crippen LogP contribution in [0.2, 0.25) is 5.02 Å². The normalized spacial score (nSPS) is 18.7. The standard InChI is InChI=1S/C14H19ClN4O5S/c15-11-3-4-13(12(8-11)19(21)22)25(23,24)18-7-1-2-10(9-18)14(20)17-6-5-16/h3-4,8,10H,1-2,5-7,9,16H2,(H,17,20). The van der Waals surface area contributed by atoms with Crippen LogP contribution in [0.3, 0.4) is 0 Å². The van der Waals surface area contributed by atoms with Gasteiger partial charge in [-0.2, -0.15) is 4.31 Å². The van der Waals surface area contributed by atoms with E-state index in [4.69, 9.17) is 17.3 Å². The molecular weight excluding hydrogens is 372 g/mol. The Bertz CT molecular complexity index is 770. The van der Waals surface area contributed by atoms with Crippen LogP contribution in [-0.4, -0.2) is 49.7 Å². The van der Waals surface area contributed by atoms with E-state index >= 15 is 0 Å². The minimum atomic E-state index is -4.11. The van der Waals surface area contributed by atoms with Crippen molar-refractivity contribution >= 4 is 33.2 Å². The lowest BCUT2D eigenvalue weighted by Gasteiger charge is -2.31. The Kier molecular flexibility index (Phi) is 6.33. The molecule has 3 N–H and O–H groups in total. The quantitative estimate of drug-likeness (QED) is 0.542. The molecule has 9 nitrogen and oxygen atoms in total. The van der Waals surface area contributed by atoms with Crippen molar-refractivity contribution in [3.63, 3.8) is 0 Å². The first-order valence-corrected chi connectivity index (χ1v) is 9.51. The molecule has 1 unspecified atom stereocenters. The molecule has 1 amide bonds. The van der Waals surface area contributed by atoms with Gasteiger partial charge in [0.1, 0.15) is 0 Å². The Balaban J connectivity index is 2.28. The van der Waals surface area contributed by atoms with E-state index in [1.807, 2.05) is 0 Å². The molecule has 0 aromatic heterocycles. The second-order valence-electron chi connectivity index (χ2n) is 5.65. The third-order valence-corrected chi connectivity index (χ3v) is 6.08. The minimum absolute atomic E-state index is 0.0292. The minimum Gasteiger partial charge on any atom is -0.355 e. The molecule has 0 radical (unpaired) electrons. The van der Waals surface area contributed by atoms with Gasteiger partial charge in [0.25, 0.3) is 5.69 Å². The van der Waals surface area contributed by atoms with Crippen LogP contribution in [0.15, 0.2) is 23.1 Å². The zero-order valence-corrected chi connectivity index (χ0v) is 14.9. The summed E-state index contributed by atoms with van der Waals surface area (Å²) in [5.41, 5.74) is 4.76. The third kappa shape index (κ3) is 4.46. The van der Waals surface area contributed by atoms with Crippen molar-refractivity contribution in [2.75, 3.05) is 26.2 Å². The van der Waals surface area contributed by atoms with E-state index in [2.05, 4.69) is 5.32 Å². The lowest BCUT2D eigenvalue weighted by molar-refractivity contribution is -0.387. The second kappa shape index (κ2) is 8.09. The van der Waals surface area contributed by atoms with Crippen molar-refractivity contribution in [3.8, 4) is 0 Å². The van der Waals surface area contributed by atoms with Crippen molar-refractivity contribution in [1.82, 2.24) is 9.62 Å². The maximum Gasteiger partial charge on any atom is 0.290 e. The number of rotatable bonds is 6. The van der Waals surface area contributed by atoms with Crippen LogP contribution < -0.4 is 11.1 Å². The van der Waals surface area contributed by atoms with E-state index in [9.17, 15) is 23.3 Å². The van der Waals surface area contributed by atoms with E-state index < -0.39 is 31.4 Å². The molecule has 11 heteroatoms. The first kappa shape index (κ1) is 19.6. The number of hydrogen-bond donors (Lipinski definition) is 2. The van der Waals surface area contributed by atoms with E-state index in [0.29, 0.717) is 19.4 Å². The molecule has 1 saturated heterocycles. The highest BCUT2D eigenvalue weighted by Gasteiger charge is 2.36. The number of nitro groups is 1. The van der Waals surface area contributed by atoms with Gasteiger partial charge in [0.2, 0.25) is 15.9 Å². The zero-order valence-electron chi connectivity index (χ0n) is 13.4. The first-order chi connectivity index (χ1) is 11.8. The van der Waals surface area contributed by atoms with Gasteiger partial charge in [-0.1, -0.05) is 11.6 Å². The number of piperidine rings is 1. The summed E-state index contributed by atoms with van der Waals surface area (Å²) in [6.45, 7) is 0.767. The fourth-order valence-corrected chi connectivity index (χ4v) is 4.53. The molecule has 0 saturated carbocycles. The van der Waals surface area contributed by atoms with Crippen LogP contribution in [0.25, 0.3) is 0 Å². The highest BCUT2D eigenvalue weighted by Crippen LogP contribution is 2.31. The highest BCUT2D eigenvalue weighted by molar-refractivity contribution is 7.89. The molecule has 1 aliphatic rings. The molecule has 1 aliphatic heterocycles. The average Bonchev–Trinajstić information content (AvgIpc) is 2.59. The molecule has 0 bridgehead atoms. The molecule has 2 rings (SSSR count). The van der Waals surface area contributed by atoms with Crippen LogP contribution in [-0.2, 0) is 14.8 Å². The molecule has 1 aromatic rings. The molecule has 1 fully saturated rings. The van der Waals surface area contributed by atoms with Crippen LogP contribution in [0, 0.1) is 16.0 Å². The van der Waals surface area contributed by atoms with Crippen molar-refractivity contribution in [2.45, 2.75) is 17.7 Å². The molecule has 138 valence electrons. The van der Waals surface area contributed by atoms with Crippen molar-refractivity contribution < 1.29 is 18.1 Å². The fraction of sp³-hybridized carbons (Fsp3) is 0.500. The first-order valence-electron chi connectivity index (χ1n) is 7.69. The van der Waals surface area contributed by atoms with Gasteiger partial charge >= 0.3 is 0 Å². The lowest BCUT2D eigenvalue weighted by atomic mass is 9.99. The average molecular weight is 391 g/mol. The Morgan fingerprint density at radius 1 is 1.48 bits per heavy atom. The van der Waals surface area contributed by atoms with Gasteiger partial charge in [-0.25, -0.2) is 8.42 Å². The van der Waals surface area contributed by atoms with Gasteiger partial charge in [-0.15, -0.1) is 0 Å². The summed E-state index contributed by atoms with van der Waals surface area (Å²) in [4.78, 5) is 22.0. The number of carbonyl (C=O) groups excluding carboxylic acids is 1. The Hall–Kier alpha value is -1.75. The monoisotopic (exact) mass is 390 g/mol. The van der Waals surface area contributed by atoms with Gasteiger partial charge in [-0.3, -0.25) is 14.9 Å². The highest BCUT2D eigenvalue weighted by atomic mass is 35.5. The molecule has 25 heavy (non-hydrogen) atoms. The molecule has 1 heterocycles. The summed E-state index contributed by atoms with van der Waals surface area (Å²) in [6, 6.07) is 3.41. The molecule has 0 aliphatic carbocycles. The molecule has 1 aromatic carbocycles. The van der Waals surface area contributed by atoms with Crippen molar-refractivity contribution in [2.24, 2.45) is 11.7 Å². The van der Waals surface area contributed by atoms with Crippen LogP contribution >= 0.6 is 11.6 Å². The maximum absolute atomic E-state index is 12.8. The predicted molar refractivity (Wildman–Crippen MR) is 91.7 cm³/mol. The zero-order chi connectivity index (χ0) is 18.6.